The first-order chi connectivity index (χ1) is 19.4. The van der Waals surface area contributed by atoms with Crippen LogP contribution in [0.5, 0.6) is 0 Å². The van der Waals surface area contributed by atoms with Crippen molar-refractivity contribution in [2.24, 2.45) is 0 Å². The van der Waals surface area contributed by atoms with Gasteiger partial charge in [-0.15, -0.1) is 5.10 Å². The second kappa shape index (κ2) is 10.6. The van der Waals surface area contributed by atoms with Crippen LogP contribution in [0.15, 0.2) is 71.5 Å². The molecule has 204 valence electrons. The number of rotatable bonds is 6. The van der Waals surface area contributed by atoms with Crippen molar-refractivity contribution in [1.29, 1.82) is 0 Å². The van der Waals surface area contributed by atoms with Crippen molar-refractivity contribution in [3.8, 4) is 0 Å². The Kier molecular flexibility index (Phi) is 6.85. The third-order valence-electron chi connectivity index (χ3n) is 7.54. The van der Waals surface area contributed by atoms with Crippen LogP contribution in [0.25, 0.3) is 10.9 Å². The number of halogens is 2. The van der Waals surface area contributed by atoms with Crippen LogP contribution in [0, 0.1) is 25.5 Å². The van der Waals surface area contributed by atoms with Gasteiger partial charge in [-0.2, -0.15) is 0 Å². The number of hydrogen-bond acceptors (Lipinski definition) is 6. The third-order valence-corrected chi connectivity index (χ3v) is 7.54. The number of anilines is 1. The zero-order valence-corrected chi connectivity index (χ0v) is 22.3. The van der Waals surface area contributed by atoms with E-state index >= 15 is 0 Å². The summed E-state index contributed by atoms with van der Waals surface area (Å²) in [6.07, 6.45) is 0. The summed E-state index contributed by atoms with van der Waals surface area (Å²) in [5.74, 6) is -0.0453. The Labute approximate surface area is 229 Å². The molecule has 1 aliphatic rings. The highest BCUT2D eigenvalue weighted by atomic mass is 19.1. The number of H-pyrrole nitrogens is 1. The zero-order chi connectivity index (χ0) is 27.8. The van der Waals surface area contributed by atoms with E-state index in [1.54, 1.807) is 28.9 Å². The van der Waals surface area contributed by atoms with E-state index in [4.69, 9.17) is 0 Å². The fourth-order valence-corrected chi connectivity index (χ4v) is 5.58. The molecule has 0 radical (unpaired) electrons. The molecule has 3 aromatic carbocycles. The molecule has 1 saturated heterocycles. The summed E-state index contributed by atoms with van der Waals surface area (Å²) in [6, 6.07) is 18.3. The second-order valence-corrected chi connectivity index (χ2v) is 10.3. The van der Waals surface area contributed by atoms with Gasteiger partial charge in [0.15, 0.2) is 5.82 Å². The number of aryl methyl sites for hydroxylation is 2. The standard InChI is InChI=1S/C30H29F2N7O/c1-19-15-20(2)27-22(16-19)17-26(30(40)33-27)28(29-34-35-36-39(29)18-21-3-5-23(31)6-4-21)38-13-11-37(12-14-38)25-9-7-24(32)8-10-25/h3-10,15-17,28H,11-14,18H2,1-2H3,(H,33,40)/t28-/m0/s1. The van der Waals surface area contributed by atoms with Gasteiger partial charge in [-0.1, -0.05) is 23.8 Å². The number of piperazine rings is 1. The predicted molar refractivity (Wildman–Crippen MR) is 149 cm³/mol. The highest BCUT2D eigenvalue weighted by Gasteiger charge is 2.33. The van der Waals surface area contributed by atoms with E-state index in [9.17, 15) is 13.6 Å². The van der Waals surface area contributed by atoms with E-state index in [0.29, 0.717) is 44.1 Å². The van der Waals surface area contributed by atoms with Crippen LogP contribution >= 0.6 is 0 Å². The smallest absolute Gasteiger partial charge is 0.253 e. The quantitative estimate of drug-likeness (QED) is 0.344. The van der Waals surface area contributed by atoms with Crippen LogP contribution in [0.2, 0.25) is 0 Å². The fraction of sp³-hybridized carbons (Fsp3) is 0.267. The zero-order valence-electron chi connectivity index (χ0n) is 22.3. The van der Waals surface area contributed by atoms with E-state index in [-0.39, 0.29) is 17.2 Å². The molecule has 0 bridgehead atoms. The first-order valence-electron chi connectivity index (χ1n) is 13.2. The molecule has 10 heteroatoms. The lowest BCUT2D eigenvalue weighted by atomic mass is 10.00. The van der Waals surface area contributed by atoms with Gasteiger partial charge in [0.25, 0.3) is 5.56 Å². The van der Waals surface area contributed by atoms with E-state index in [2.05, 4.69) is 36.4 Å². The molecule has 3 heterocycles. The molecule has 0 saturated carbocycles. The minimum atomic E-state index is -0.514. The Morgan fingerprint density at radius 3 is 2.27 bits per heavy atom. The number of fused-ring (bicyclic) bond motifs is 1. The molecule has 5 aromatic rings. The Morgan fingerprint density at radius 1 is 0.900 bits per heavy atom. The number of aromatic nitrogens is 5. The van der Waals surface area contributed by atoms with Gasteiger partial charge < -0.3 is 9.88 Å². The molecular formula is C30H29F2N7O. The maximum atomic E-state index is 13.6. The van der Waals surface area contributed by atoms with Gasteiger partial charge in [0.2, 0.25) is 0 Å². The first kappa shape index (κ1) is 25.8. The van der Waals surface area contributed by atoms with Gasteiger partial charge in [0.1, 0.15) is 17.7 Å². The van der Waals surface area contributed by atoms with Gasteiger partial charge in [-0.3, -0.25) is 9.69 Å². The Morgan fingerprint density at radius 2 is 1.57 bits per heavy atom. The minimum Gasteiger partial charge on any atom is -0.369 e. The van der Waals surface area contributed by atoms with Crippen LogP contribution in [-0.2, 0) is 6.54 Å². The first-order valence-corrected chi connectivity index (χ1v) is 13.2. The minimum absolute atomic E-state index is 0.193. The summed E-state index contributed by atoms with van der Waals surface area (Å²) in [7, 11) is 0. The molecule has 1 atom stereocenters. The summed E-state index contributed by atoms with van der Waals surface area (Å²) in [6.45, 7) is 6.99. The van der Waals surface area contributed by atoms with Crippen molar-refractivity contribution in [1.82, 2.24) is 30.1 Å². The Bertz CT molecular complexity index is 1710. The molecule has 1 aliphatic heterocycles. The molecule has 8 nitrogen and oxygen atoms in total. The van der Waals surface area contributed by atoms with Crippen molar-refractivity contribution in [3.63, 3.8) is 0 Å². The number of aromatic amines is 1. The molecule has 6 rings (SSSR count). The molecule has 0 unspecified atom stereocenters. The second-order valence-electron chi connectivity index (χ2n) is 10.3. The van der Waals surface area contributed by atoms with Crippen LogP contribution in [-0.4, -0.2) is 56.3 Å². The molecule has 1 N–H and O–H groups in total. The lowest BCUT2D eigenvalue weighted by Crippen LogP contribution is -2.49. The number of benzene rings is 3. The van der Waals surface area contributed by atoms with Crippen LogP contribution in [0.4, 0.5) is 14.5 Å². The van der Waals surface area contributed by atoms with Crippen LogP contribution in [0.3, 0.4) is 0 Å². The maximum Gasteiger partial charge on any atom is 0.253 e. The number of hydrogen-bond donors (Lipinski definition) is 1. The van der Waals surface area contributed by atoms with Gasteiger partial charge in [0.05, 0.1) is 12.1 Å². The monoisotopic (exact) mass is 541 g/mol. The summed E-state index contributed by atoms with van der Waals surface area (Å²) in [4.78, 5) is 21.1. The lowest BCUT2D eigenvalue weighted by Gasteiger charge is -2.39. The summed E-state index contributed by atoms with van der Waals surface area (Å²) < 4.78 is 28.7. The van der Waals surface area contributed by atoms with Crippen molar-refractivity contribution in [3.05, 3.63) is 117 Å². The van der Waals surface area contributed by atoms with Crippen LogP contribution in [0.1, 0.15) is 34.1 Å². The van der Waals surface area contributed by atoms with E-state index in [0.717, 1.165) is 33.3 Å². The molecule has 2 aromatic heterocycles. The SMILES string of the molecule is Cc1cc(C)c2[nH]c(=O)c([C@@H](c3nnnn3Cc3ccc(F)cc3)N3CCN(c4ccc(F)cc4)CC3)cc2c1. The topological polar surface area (TPSA) is 82.9 Å². The third kappa shape index (κ3) is 5.10. The molecule has 0 spiro atoms. The number of tetrazole rings is 1. The summed E-state index contributed by atoms with van der Waals surface area (Å²) in [5, 5.41) is 13.6. The van der Waals surface area contributed by atoms with E-state index < -0.39 is 6.04 Å². The highest BCUT2D eigenvalue weighted by Crippen LogP contribution is 2.30. The van der Waals surface area contributed by atoms with Gasteiger partial charge >= 0.3 is 0 Å². The highest BCUT2D eigenvalue weighted by molar-refractivity contribution is 5.83. The number of nitrogens with zero attached hydrogens (tertiary/aromatic N) is 6. The van der Waals surface area contributed by atoms with Crippen molar-refractivity contribution < 1.29 is 8.78 Å². The summed E-state index contributed by atoms with van der Waals surface area (Å²) >= 11 is 0. The largest absolute Gasteiger partial charge is 0.369 e. The molecular weight excluding hydrogens is 512 g/mol. The van der Waals surface area contributed by atoms with Crippen LogP contribution < -0.4 is 10.5 Å². The Balaban J connectivity index is 1.39. The van der Waals surface area contributed by atoms with E-state index in [1.165, 1.54) is 24.3 Å². The van der Waals surface area contributed by atoms with E-state index in [1.807, 2.05) is 26.0 Å². The molecule has 0 aliphatic carbocycles. The van der Waals surface area contributed by atoms with Crippen molar-refractivity contribution >= 4 is 16.6 Å². The van der Waals surface area contributed by atoms with Gasteiger partial charge in [0, 0.05) is 37.4 Å². The number of pyridine rings is 1. The predicted octanol–water partition coefficient (Wildman–Crippen LogP) is 4.37. The normalized spacial score (nSPS) is 15.1. The lowest BCUT2D eigenvalue weighted by molar-refractivity contribution is 0.200. The molecule has 0 amide bonds. The van der Waals surface area contributed by atoms with Crippen molar-refractivity contribution in [2.45, 2.75) is 26.4 Å². The number of nitrogens with one attached hydrogen (secondary N) is 1. The fourth-order valence-electron chi connectivity index (χ4n) is 5.58. The van der Waals surface area contributed by atoms with Gasteiger partial charge in [-0.25, -0.2) is 13.5 Å². The molecule has 40 heavy (non-hydrogen) atoms. The average molecular weight is 542 g/mol. The molecule has 1 fully saturated rings. The van der Waals surface area contributed by atoms with Gasteiger partial charge in [-0.05, 0) is 89.3 Å². The summed E-state index contributed by atoms with van der Waals surface area (Å²) in [5.41, 5.74) is 5.08. The van der Waals surface area contributed by atoms with Crippen molar-refractivity contribution in [2.75, 3.05) is 31.1 Å². The maximum absolute atomic E-state index is 13.6. The Hall–Kier alpha value is -4.44. The average Bonchev–Trinajstić information content (AvgIpc) is 3.39.